The van der Waals surface area contributed by atoms with Crippen molar-refractivity contribution in [2.45, 2.75) is 26.3 Å². The summed E-state index contributed by atoms with van der Waals surface area (Å²) in [7, 11) is 2.00. The average molecular weight is 239 g/mol. The lowest BCUT2D eigenvalue weighted by molar-refractivity contribution is 0.114. The van der Waals surface area contributed by atoms with Crippen LogP contribution in [-0.2, 0) is 6.42 Å². The van der Waals surface area contributed by atoms with E-state index in [1.807, 2.05) is 13.1 Å². The molecule has 1 aromatic carbocycles. The number of aliphatic hydroxyl groups is 1. The van der Waals surface area contributed by atoms with Gasteiger partial charge >= 0.3 is 0 Å². The molecule has 1 atom stereocenters. The standard InChI is InChI=1S/C14H22FNO/c1-11(2)14(10-17)16(3)8-7-12-5-4-6-13(15)9-12/h4-6,9,11,14,17H,7-8,10H2,1-3H3. The molecule has 0 fully saturated rings. The summed E-state index contributed by atoms with van der Waals surface area (Å²) >= 11 is 0. The minimum atomic E-state index is -0.187. The Morgan fingerprint density at radius 3 is 2.59 bits per heavy atom. The molecule has 17 heavy (non-hydrogen) atoms. The van der Waals surface area contributed by atoms with Crippen molar-refractivity contribution in [2.24, 2.45) is 5.92 Å². The molecular weight excluding hydrogens is 217 g/mol. The van der Waals surface area contributed by atoms with Crippen LogP contribution in [0.4, 0.5) is 4.39 Å². The summed E-state index contributed by atoms with van der Waals surface area (Å²) in [4.78, 5) is 2.13. The number of hydrogen-bond acceptors (Lipinski definition) is 2. The summed E-state index contributed by atoms with van der Waals surface area (Å²) in [5.41, 5.74) is 0.997. The van der Waals surface area contributed by atoms with Crippen LogP contribution in [0.1, 0.15) is 19.4 Å². The van der Waals surface area contributed by atoms with E-state index >= 15 is 0 Å². The Balaban J connectivity index is 2.50. The lowest BCUT2D eigenvalue weighted by Gasteiger charge is -2.29. The highest BCUT2D eigenvalue weighted by Crippen LogP contribution is 2.10. The monoisotopic (exact) mass is 239 g/mol. The van der Waals surface area contributed by atoms with Gasteiger partial charge in [0.2, 0.25) is 0 Å². The molecule has 1 unspecified atom stereocenters. The van der Waals surface area contributed by atoms with Gasteiger partial charge in [-0.15, -0.1) is 0 Å². The molecule has 0 aromatic heterocycles. The lowest BCUT2D eigenvalue weighted by atomic mass is 10.0. The third-order valence-corrected chi connectivity index (χ3v) is 3.16. The first kappa shape index (κ1) is 14.1. The highest BCUT2D eigenvalue weighted by molar-refractivity contribution is 5.16. The van der Waals surface area contributed by atoms with Crippen molar-refractivity contribution in [3.8, 4) is 0 Å². The molecule has 1 N–H and O–H groups in total. The number of halogens is 1. The predicted octanol–water partition coefficient (Wildman–Crippen LogP) is 2.32. The molecule has 0 heterocycles. The molecule has 0 aliphatic rings. The van der Waals surface area contributed by atoms with Gasteiger partial charge < -0.3 is 10.0 Å². The highest BCUT2D eigenvalue weighted by atomic mass is 19.1. The van der Waals surface area contributed by atoms with Gasteiger partial charge in [-0.25, -0.2) is 4.39 Å². The minimum absolute atomic E-state index is 0.164. The van der Waals surface area contributed by atoms with Crippen molar-refractivity contribution in [1.82, 2.24) is 4.90 Å². The van der Waals surface area contributed by atoms with Crippen LogP contribution in [-0.4, -0.2) is 36.2 Å². The smallest absolute Gasteiger partial charge is 0.123 e. The summed E-state index contributed by atoms with van der Waals surface area (Å²) in [6.07, 6.45) is 0.803. The molecule has 0 spiro atoms. The average Bonchev–Trinajstić information content (AvgIpc) is 2.27. The Kier molecular flexibility index (Phi) is 5.59. The summed E-state index contributed by atoms with van der Waals surface area (Å²) < 4.78 is 13.0. The summed E-state index contributed by atoms with van der Waals surface area (Å²) in [5, 5.41) is 9.31. The van der Waals surface area contributed by atoms with E-state index in [1.165, 1.54) is 6.07 Å². The van der Waals surface area contributed by atoms with Crippen LogP contribution in [0.3, 0.4) is 0 Å². The van der Waals surface area contributed by atoms with E-state index in [4.69, 9.17) is 0 Å². The van der Waals surface area contributed by atoms with Gasteiger partial charge in [-0.05, 0) is 37.1 Å². The molecule has 0 bridgehead atoms. The minimum Gasteiger partial charge on any atom is -0.395 e. The number of aliphatic hydroxyl groups excluding tert-OH is 1. The normalized spacial score (nSPS) is 13.4. The number of likely N-dealkylation sites (N-methyl/N-ethyl adjacent to an activating group) is 1. The Bertz CT molecular complexity index is 341. The second-order valence-electron chi connectivity index (χ2n) is 4.85. The first-order valence-electron chi connectivity index (χ1n) is 6.10. The van der Waals surface area contributed by atoms with Gasteiger partial charge in [-0.1, -0.05) is 26.0 Å². The summed E-state index contributed by atoms with van der Waals surface area (Å²) in [6.45, 7) is 5.18. The maximum absolute atomic E-state index is 13.0. The van der Waals surface area contributed by atoms with Crippen molar-refractivity contribution < 1.29 is 9.50 Å². The van der Waals surface area contributed by atoms with Crippen LogP contribution in [0, 0.1) is 11.7 Å². The summed E-state index contributed by atoms with van der Waals surface area (Å²) in [5.74, 6) is 0.227. The molecule has 96 valence electrons. The van der Waals surface area contributed by atoms with Crippen LogP contribution in [0.2, 0.25) is 0 Å². The molecule has 0 aliphatic carbocycles. The molecule has 0 radical (unpaired) electrons. The fraction of sp³-hybridized carbons (Fsp3) is 0.571. The van der Waals surface area contributed by atoms with Gasteiger partial charge in [0.15, 0.2) is 0 Å². The van der Waals surface area contributed by atoms with Crippen LogP contribution in [0.15, 0.2) is 24.3 Å². The van der Waals surface area contributed by atoms with Gasteiger partial charge in [-0.3, -0.25) is 0 Å². The fourth-order valence-corrected chi connectivity index (χ4v) is 2.02. The van der Waals surface area contributed by atoms with Gasteiger partial charge in [0.1, 0.15) is 5.82 Å². The lowest BCUT2D eigenvalue weighted by Crippen LogP contribution is -2.39. The van der Waals surface area contributed by atoms with E-state index in [9.17, 15) is 9.50 Å². The van der Waals surface area contributed by atoms with Crippen molar-refractivity contribution >= 4 is 0 Å². The van der Waals surface area contributed by atoms with E-state index in [0.717, 1.165) is 18.5 Å². The van der Waals surface area contributed by atoms with Crippen LogP contribution in [0.25, 0.3) is 0 Å². The van der Waals surface area contributed by atoms with Crippen molar-refractivity contribution in [2.75, 3.05) is 20.2 Å². The number of benzene rings is 1. The van der Waals surface area contributed by atoms with Gasteiger partial charge in [0.25, 0.3) is 0 Å². The third-order valence-electron chi connectivity index (χ3n) is 3.16. The van der Waals surface area contributed by atoms with Crippen LogP contribution < -0.4 is 0 Å². The van der Waals surface area contributed by atoms with Crippen molar-refractivity contribution in [3.05, 3.63) is 35.6 Å². The van der Waals surface area contributed by atoms with Gasteiger partial charge in [0.05, 0.1) is 6.61 Å². The maximum atomic E-state index is 13.0. The van der Waals surface area contributed by atoms with Gasteiger partial charge in [0, 0.05) is 12.6 Å². The molecule has 1 rings (SSSR count). The zero-order valence-corrected chi connectivity index (χ0v) is 10.9. The van der Waals surface area contributed by atoms with E-state index in [1.54, 1.807) is 12.1 Å². The first-order valence-corrected chi connectivity index (χ1v) is 6.10. The van der Waals surface area contributed by atoms with Crippen molar-refractivity contribution in [3.63, 3.8) is 0 Å². The maximum Gasteiger partial charge on any atom is 0.123 e. The quantitative estimate of drug-likeness (QED) is 0.823. The predicted molar refractivity (Wildman–Crippen MR) is 68.4 cm³/mol. The van der Waals surface area contributed by atoms with Crippen molar-refractivity contribution in [1.29, 1.82) is 0 Å². The second-order valence-corrected chi connectivity index (χ2v) is 4.85. The summed E-state index contributed by atoms with van der Waals surface area (Å²) in [6, 6.07) is 6.86. The molecule has 0 amide bonds. The van der Waals surface area contributed by atoms with Crippen LogP contribution in [0.5, 0.6) is 0 Å². The first-order chi connectivity index (χ1) is 8.04. The SMILES string of the molecule is CC(C)C(CO)N(C)CCc1cccc(F)c1. The molecule has 1 aromatic rings. The zero-order valence-electron chi connectivity index (χ0n) is 10.9. The zero-order chi connectivity index (χ0) is 12.8. The molecule has 3 heteroatoms. The molecule has 2 nitrogen and oxygen atoms in total. The Hall–Kier alpha value is -0.930. The molecule has 0 saturated carbocycles. The van der Waals surface area contributed by atoms with E-state index in [-0.39, 0.29) is 18.5 Å². The number of rotatable bonds is 6. The molecular formula is C14H22FNO. The third kappa shape index (κ3) is 4.44. The van der Waals surface area contributed by atoms with E-state index in [2.05, 4.69) is 18.7 Å². The largest absolute Gasteiger partial charge is 0.395 e. The topological polar surface area (TPSA) is 23.5 Å². The fourth-order valence-electron chi connectivity index (χ4n) is 2.02. The van der Waals surface area contributed by atoms with E-state index in [0.29, 0.717) is 5.92 Å². The number of hydrogen-bond donors (Lipinski definition) is 1. The Morgan fingerprint density at radius 2 is 2.06 bits per heavy atom. The Labute approximate surface area is 103 Å². The molecule has 0 saturated heterocycles. The molecule has 0 aliphatic heterocycles. The van der Waals surface area contributed by atoms with Gasteiger partial charge in [-0.2, -0.15) is 0 Å². The number of nitrogens with zero attached hydrogens (tertiary/aromatic N) is 1. The van der Waals surface area contributed by atoms with E-state index < -0.39 is 0 Å². The Morgan fingerprint density at radius 1 is 1.35 bits per heavy atom. The highest BCUT2D eigenvalue weighted by Gasteiger charge is 2.17. The second kappa shape index (κ2) is 6.72. The van der Waals surface area contributed by atoms with Crippen LogP contribution >= 0.6 is 0 Å².